The molecule has 3 rings (SSSR count). The van der Waals surface area contributed by atoms with E-state index >= 15 is 0 Å². The molecule has 1 aromatic carbocycles. The van der Waals surface area contributed by atoms with Crippen molar-refractivity contribution in [3.63, 3.8) is 0 Å². The van der Waals surface area contributed by atoms with E-state index in [1.165, 1.54) is 12.7 Å². The van der Waals surface area contributed by atoms with Crippen LogP contribution in [0.4, 0.5) is 4.79 Å². The van der Waals surface area contributed by atoms with Gasteiger partial charge in [-0.05, 0) is 30.9 Å². The molecule has 3 amide bonds. The van der Waals surface area contributed by atoms with Gasteiger partial charge in [-0.3, -0.25) is 10.1 Å². The van der Waals surface area contributed by atoms with Crippen LogP contribution in [-0.2, 0) is 4.79 Å². The van der Waals surface area contributed by atoms with Crippen molar-refractivity contribution in [3.8, 4) is 5.88 Å². The average molecular weight is 342 g/mol. The molecule has 1 saturated carbocycles. The number of para-hydroxylation sites is 1. The predicted octanol–water partition coefficient (Wildman–Crippen LogP) is 2.41. The van der Waals surface area contributed by atoms with Crippen molar-refractivity contribution < 1.29 is 14.3 Å². The summed E-state index contributed by atoms with van der Waals surface area (Å²) in [5, 5.41) is 5.90. The van der Waals surface area contributed by atoms with E-state index in [1.807, 2.05) is 24.3 Å². The number of ether oxygens (including phenoxy) is 1. The number of nitrogens with zero attached hydrogens (tertiary/aromatic N) is 2. The Hall–Kier alpha value is -2.70. The molecule has 0 unspecified atom stereocenters. The smallest absolute Gasteiger partial charge is 0.321 e. The fraction of sp³-hybridized carbons (Fsp3) is 0.444. The number of aromatic nitrogens is 2. The Bertz CT molecular complexity index is 760. The van der Waals surface area contributed by atoms with Gasteiger partial charge in [0.15, 0.2) is 6.61 Å². The number of urea groups is 1. The lowest BCUT2D eigenvalue weighted by molar-refractivity contribution is -0.122. The third-order valence-electron chi connectivity index (χ3n) is 4.53. The molecule has 0 spiro atoms. The normalized spacial score (nSPS) is 20.0. The largest absolute Gasteiger partial charge is 0.467 e. The van der Waals surface area contributed by atoms with E-state index in [4.69, 9.17) is 4.74 Å². The van der Waals surface area contributed by atoms with Crippen molar-refractivity contribution in [2.24, 2.45) is 5.92 Å². The standard InChI is InChI=1S/C18H22N4O3/c1-12-6-2-4-8-14(12)21-18(24)22-16(23)10-25-17-13-7-3-5-9-15(13)19-11-20-17/h3,5,7,9,11-12,14H,2,4,6,8,10H2,1H3,(H2,21,22,23,24)/t12-,14+/m0/s1. The van der Waals surface area contributed by atoms with E-state index in [1.54, 1.807) is 0 Å². The number of amides is 3. The van der Waals surface area contributed by atoms with Crippen LogP contribution >= 0.6 is 0 Å². The molecule has 0 bridgehead atoms. The molecule has 0 aliphatic heterocycles. The van der Waals surface area contributed by atoms with Crippen LogP contribution in [0, 0.1) is 5.92 Å². The van der Waals surface area contributed by atoms with Crippen LogP contribution in [-0.4, -0.2) is 34.6 Å². The Balaban J connectivity index is 1.51. The summed E-state index contributed by atoms with van der Waals surface area (Å²) in [4.78, 5) is 32.1. The van der Waals surface area contributed by atoms with Gasteiger partial charge in [-0.15, -0.1) is 0 Å². The van der Waals surface area contributed by atoms with Gasteiger partial charge >= 0.3 is 6.03 Å². The summed E-state index contributed by atoms with van der Waals surface area (Å²) in [5.41, 5.74) is 0.733. The summed E-state index contributed by atoms with van der Waals surface area (Å²) < 4.78 is 5.45. The Morgan fingerprint density at radius 3 is 2.84 bits per heavy atom. The van der Waals surface area contributed by atoms with Crippen molar-refractivity contribution in [1.29, 1.82) is 0 Å². The Kier molecular flexibility index (Phi) is 5.42. The minimum atomic E-state index is -0.511. The van der Waals surface area contributed by atoms with Gasteiger partial charge in [0.05, 0.1) is 10.9 Å². The van der Waals surface area contributed by atoms with Crippen molar-refractivity contribution >= 4 is 22.8 Å². The number of hydrogen-bond donors (Lipinski definition) is 2. The lowest BCUT2D eigenvalue weighted by Gasteiger charge is -2.29. The second-order valence-electron chi connectivity index (χ2n) is 6.37. The number of nitrogens with one attached hydrogen (secondary N) is 2. The van der Waals surface area contributed by atoms with Gasteiger partial charge in [0, 0.05) is 6.04 Å². The van der Waals surface area contributed by atoms with Crippen LogP contribution in [0.3, 0.4) is 0 Å². The average Bonchev–Trinajstić information content (AvgIpc) is 2.62. The van der Waals surface area contributed by atoms with Gasteiger partial charge < -0.3 is 10.1 Å². The van der Waals surface area contributed by atoms with E-state index in [-0.39, 0.29) is 12.6 Å². The highest BCUT2D eigenvalue weighted by Crippen LogP contribution is 2.23. The molecule has 1 aliphatic rings. The number of imide groups is 1. The number of rotatable bonds is 4. The third kappa shape index (κ3) is 4.43. The highest BCUT2D eigenvalue weighted by molar-refractivity contribution is 5.95. The zero-order valence-electron chi connectivity index (χ0n) is 14.2. The van der Waals surface area contributed by atoms with E-state index in [9.17, 15) is 9.59 Å². The number of benzene rings is 1. The number of fused-ring (bicyclic) bond motifs is 1. The molecule has 1 fully saturated rings. The third-order valence-corrected chi connectivity index (χ3v) is 4.53. The van der Waals surface area contributed by atoms with E-state index in [0.29, 0.717) is 11.8 Å². The maximum Gasteiger partial charge on any atom is 0.321 e. The van der Waals surface area contributed by atoms with Crippen LogP contribution in [0.5, 0.6) is 5.88 Å². The summed E-state index contributed by atoms with van der Waals surface area (Å²) in [6.45, 7) is 1.84. The Labute approximate surface area is 146 Å². The van der Waals surface area contributed by atoms with Gasteiger partial charge in [0.1, 0.15) is 6.33 Å². The van der Waals surface area contributed by atoms with Crippen LogP contribution < -0.4 is 15.4 Å². The van der Waals surface area contributed by atoms with Crippen molar-refractivity contribution in [3.05, 3.63) is 30.6 Å². The molecular formula is C18H22N4O3. The number of carbonyl (C=O) groups excluding carboxylic acids is 2. The molecule has 0 saturated heterocycles. The first kappa shape index (κ1) is 17.1. The molecular weight excluding hydrogens is 320 g/mol. The van der Waals surface area contributed by atoms with Crippen LogP contribution in [0.15, 0.2) is 30.6 Å². The van der Waals surface area contributed by atoms with Crippen LogP contribution in [0.25, 0.3) is 10.9 Å². The molecule has 2 N–H and O–H groups in total. The second kappa shape index (κ2) is 7.92. The van der Waals surface area contributed by atoms with E-state index in [2.05, 4.69) is 27.5 Å². The molecule has 7 heteroatoms. The minimum absolute atomic E-state index is 0.119. The zero-order chi connectivity index (χ0) is 17.6. The van der Waals surface area contributed by atoms with Crippen molar-refractivity contribution in [1.82, 2.24) is 20.6 Å². The summed E-state index contributed by atoms with van der Waals surface area (Å²) in [5.74, 6) is 0.240. The Morgan fingerprint density at radius 1 is 1.20 bits per heavy atom. The molecule has 1 aliphatic carbocycles. The SMILES string of the molecule is C[C@H]1CCCC[C@H]1NC(=O)NC(=O)COc1ncnc2ccccc12. The van der Waals surface area contributed by atoms with Crippen molar-refractivity contribution in [2.45, 2.75) is 38.6 Å². The fourth-order valence-corrected chi connectivity index (χ4v) is 3.13. The molecule has 1 heterocycles. The second-order valence-corrected chi connectivity index (χ2v) is 6.37. The van der Waals surface area contributed by atoms with Gasteiger partial charge in [-0.1, -0.05) is 31.9 Å². The lowest BCUT2D eigenvalue weighted by Crippen LogP contribution is -2.48. The van der Waals surface area contributed by atoms with Gasteiger partial charge in [0.25, 0.3) is 5.91 Å². The zero-order valence-corrected chi connectivity index (χ0v) is 14.2. The van der Waals surface area contributed by atoms with Crippen molar-refractivity contribution in [2.75, 3.05) is 6.61 Å². The molecule has 132 valence electrons. The molecule has 2 aromatic rings. The molecule has 1 aromatic heterocycles. The van der Waals surface area contributed by atoms with E-state index in [0.717, 1.165) is 30.2 Å². The first-order valence-corrected chi connectivity index (χ1v) is 8.56. The summed E-state index contributed by atoms with van der Waals surface area (Å²) in [6.07, 6.45) is 5.73. The highest BCUT2D eigenvalue weighted by atomic mass is 16.5. The summed E-state index contributed by atoms with van der Waals surface area (Å²) in [6, 6.07) is 7.01. The Morgan fingerprint density at radius 2 is 2.00 bits per heavy atom. The van der Waals surface area contributed by atoms with Crippen LogP contribution in [0.1, 0.15) is 32.6 Å². The predicted molar refractivity (Wildman–Crippen MR) is 93.1 cm³/mol. The first-order valence-electron chi connectivity index (χ1n) is 8.56. The molecule has 25 heavy (non-hydrogen) atoms. The molecule has 2 atom stereocenters. The fourth-order valence-electron chi connectivity index (χ4n) is 3.13. The monoisotopic (exact) mass is 342 g/mol. The molecule has 0 radical (unpaired) electrons. The maximum absolute atomic E-state index is 12.0. The minimum Gasteiger partial charge on any atom is -0.467 e. The lowest BCUT2D eigenvalue weighted by atomic mass is 9.86. The maximum atomic E-state index is 12.0. The number of carbonyl (C=O) groups is 2. The summed E-state index contributed by atoms with van der Waals surface area (Å²) in [7, 11) is 0. The van der Waals surface area contributed by atoms with Gasteiger partial charge in [-0.2, -0.15) is 0 Å². The quantitative estimate of drug-likeness (QED) is 0.890. The van der Waals surface area contributed by atoms with Gasteiger partial charge in [-0.25, -0.2) is 14.8 Å². The topological polar surface area (TPSA) is 93.2 Å². The summed E-state index contributed by atoms with van der Waals surface area (Å²) >= 11 is 0. The van der Waals surface area contributed by atoms with Crippen LogP contribution in [0.2, 0.25) is 0 Å². The van der Waals surface area contributed by atoms with E-state index < -0.39 is 11.9 Å². The van der Waals surface area contributed by atoms with Gasteiger partial charge in [0.2, 0.25) is 5.88 Å². The first-order chi connectivity index (χ1) is 12.1. The highest BCUT2D eigenvalue weighted by Gasteiger charge is 2.23. The number of hydrogen-bond acceptors (Lipinski definition) is 5. The molecule has 7 nitrogen and oxygen atoms in total.